The standard InChI is InChI=1S/C16H25N3O2/c1-12(2)9-17-16(21)18-15(20)11-19(4)10-14-7-5-13(3)6-8-14/h5-8,12H,9-11H2,1-4H3,(H2,17,18,20,21). The summed E-state index contributed by atoms with van der Waals surface area (Å²) < 4.78 is 0. The van der Waals surface area contributed by atoms with E-state index in [-0.39, 0.29) is 12.5 Å². The first kappa shape index (κ1) is 17.2. The first-order valence-electron chi connectivity index (χ1n) is 7.18. The number of urea groups is 1. The van der Waals surface area contributed by atoms with E-state index in [9.17, 15) is 9.59 Å². The van der Waals surface area contributed by atoms with Crippen LogP contribution in [0.3, 0.4) is 0 Å². The number of aryl methyl sites for hydroxylation is 1. The highest BCUT2D eigenvalue weighted by molar-refractivity contribution is 5.95. The summed E-state index contributed by atoms with van der Waals surface area (Å²) >= 11 is 0. The van der Waals surface area contributed by atoms with Crippen LogP contribution in [0.4, 0.5) is 4.79 Å². The SMILES string of the molecule is Cc1ccc(CN(C)CC(=O)NC(=O)NCC(C)C)cc1. The topological polar surface area (TPSA) is 61.4 Å². The normalized spacial score (nSPS) is 10.8. The van der Waals surface area contributed by atoms with Gasteiger partial charge in [-0.25, -0.2) is 4.79 Å². The fourth-order valence-corrected chi connectivity index (χ4v) is 1.81. The maximum absolute atomic E-state index is 11.7. The Hall–Kier alpha value is -1.88. The Morgan fingerprint density at radius 3 is 2.38 bits per heavy atom. The summed E-state index contributed by atoms with van der Waals surface area (Å²) in [7, 11) is 1.85. The minimum absolute atomic E-state index is 0.184. The fraction of sp³-hybridized carbons (Fsp3) is 0.500. The van der Waals surface area contributed by atoms with Crippen LogP contribution in [-0.4, -0.2) is 37.0 Å². The average molecular weight is 291 g/mol. The molecule has 0 aliphatic carbocycles. The van der Waals surface area contributed by atoms with E-state index < -0.39 is 6.03 Å². The molecule has 5 heteroatoms. The van der Waals surface area contributed by atoms with Gasteiger partial charge in [0.2, 0.25) is 5.91 Å². The maximum Gasteiger partial charge on any atom is 0.321 e. The highest BCUT2D eigenvalue weighted by atomic mass is 16.2. The predicted octanol–water partition coefficient (Wildman–Crippen LogP) is 1.91. The van der Waals surface area contributed by atoms with Crippen molar-refractivity contribution in [3.8, 4) is 0 Å². The van der Waals surface area contributed by atoms with Gasteiger partial charge in [0, 0.05) is 13.1 Å². The Morgan fingerprint density at radius 1 is 1.19 bits per heavy atom. The van der Waals surface area contributed by atoms with Gasteiger partial charge >= 0.3 is 6.03 Å². The number of rotatable bonds is 6. The molecule has 0 bridgehead atoms. The zero-order valence-electron chi connectivity index (χ0n) is 13.3. The van der Waals surface area contributed by atoms with Crippen molar-refractivity contribution in [3.05, 3.63) is 35.4 Å². The van der Waals surface area contributed by atoms with E-state index in [1.165, 1.54) is 5.56 Å². The second kappa shape index (κ2) is 8.42. The summed E-state index contributed by atoms with van der Waals surface area (Å²) in [4.78, 5) is 25.1. The van der Waals surface area contributed by atoms with Gasteiger partial charge < -0.3 is 5.32 Å². The highest BCUT2D eigenvalue weighted by Gasteiger charge is 2.10. The summed E-state index contributed by atoms with van der Waals surface area (Å²) in [6.07, 6.45) is 0. The van der Waals surface area contributed by atoms with Crippen LogP contribution >= 0.6 is 0 Å². The van der Waals surface area contributed by atoms with Crippen molar-refractivity contribution in [3.63, 3.8) is 0 Å². The molecular weight excluding hydrogens is 266 g/mol. The van der Waals surface area contributed by atoms with E-state index in [4.69, 9.17) is 0 Å². The predicted molar refractivity (Wildman–Crippen MR) is 83.9 cm³/mol. The van der Waals surface area contributed by atoms with Crippen LogP contribution in [0.2, 0.25) is 0 Å². The van der Waals surface area contributed by atoms with E-state index in [0.717, 1.165) is 5.56 Å². The Labute approximate surface area is 126 Å². The number of hydrogen-bond donors (Lipinski definition) is 2. The summed E-state index contributed by atoms with van der Waals surface area (Å²) in [5.41, 5.74) is 2.35. The smallest absolute Gasteiger partial charge is 0.321 e. The molecular formula is C16H25N3O2. The molecule has 0 unspecified atom stereocenters. The van der Waals surface area contributed by atoms with Crippen LogP contribution in [0.25, 0.3) is 0 Å². The second-order valence-corrected chi connectivity index (χ2v) is 5.81. The fourth-order valence-electron chi connectivity index (χ4n) is 1.81. The van der Waals surface area contributed by atoms with Crippen molar-refractivity contribution < 1.29 is 9.59 Å². The molecule has 0 fully saturated rings. The van der Waals surface area contributed by atoms with E-state index in [1.54, 1.807) is 0 Å². The van der Waals surface area contributed by atoms with Gasteiger partial charge in [-0.3, -0.25) is 15.0 Å². The number of hydrogen-bond acceptors (Lipinski definition) is 3. The molecule has 5 nitrogen and oxygen atoms in total. The highest BCUT2D eigenvalue weighted by Crippen LogP contribution is 2.05. The molecule has 0 aromatic heterocycles. The largest absolute Gasteiger partial charge is 0.338 e. The van der Waals surface area contributed by atoms with Crippen LogP contribution in [0, 0.1) is 12.8 Å². The van der Waals surface area contributed by atoms with Crippen molar-refractivity contribution in [2.45, 2.75) is 27.3 Å². The molecule has 21 heavy (non-hydrogen) atoms. The molecule has 0 aliphatic rings. The summed E-state index contributed by atoms with van der Waals surface area (Å²) in [6.45, 7) is 7.44. The van der Waals surface area contributed by atoms with Crippen molar-refractivity contribution in [1.29, 1.82) is 0 Å². The number of nitrogens with one attached hydrogen (secondary N) is 2. The molecule has 0 radical (unpaired) electrons. The third kappa shape index (κ3) is 7.46. The lowest BCUT2D eigenvalue weighted by atomic mass is 10.1. The van der Waals surface area contributed by atoms with Gasteiger partial charge in [-0.1, -0.05) is 43.7 Å². The zero-order chi connectivity index (χ0) is 15.8. The first-order valence-corrected chi connectivity index (χ1v) is 7.18. The van der Waals surface area contributed by atoms with Crippen molar-refractivity contribution in [2.24, 2.45) is 5.92 Å². The second-order valence-electron chi connectivity index (χ2n) is 5.81. The van der Waals surface area contributed by atoms with Crippen LogP contribution in [0.1, 0.15) is 25.0 Å². The van der Waals surface area contributed by atoms with E-state index in [0.29, 0.717) is 19.0 Å². The molecule has 1 aromatic rings. The first-order chi connectivity index (χ1) is 9.86. The molecule has 0 atom stereocenters. The lowest BCUT2D eigenvalue weighted by Crippen LogP contribution is -2.44. The van der Waals surface area contributed by atoms with Gasteiger partial charge in [-0.15, -0.1) is 0 Å². The number of likely N-dealkylation sites (N-methyl/N-ethyl adjacent to an activating group) is 1. The third-order valence-corrected chi connectivity index (χ3v) is 2.91. The molecule has 2 N–H and O–H groups in total. The average Bonchev–Trinajstić information content (AvgIpc) is 2.38. The van der Waals surface area contributed by atoms with Gasteiger partial charge in [0.1, 0.15) is 0 Å². The van der Waals surface area contributed by atoms with Crippen molar-refractivity contribution >= 4 is 11.9 Å². The van der Waals surface area contributed by atoms with Crippen LogP contribution in [0.15, 0.2) is 24.3 Å². The minimum atomic E-state index is -0.433. The van der Waals surface area contributed by atoms with Gasteiger partial charge in [-0.2, -0.15) is 0 Å². The Morgan fingerprint density at radius 2 is 1.81 bits per heavy atom. The molecule has 1 rings (SSSR count). The summed E-state index contributed by atoms with van der Waals surface area (Å²) in [6, 6.07) is 7.74. The van der Waals surface area contributed by atoms with Crippen LogP contribution in [-0.2, 0) is 11.3 Å². The van der Waals surface area contributed by atoms with Crippen LogP contribution < -0.4 is 10.6 Å². The molecule has 0 aliphatic heterocycles. The van der Waals surface area contributed by atoms with E-state index in [1.807, 2.05) is 57.0 Å². The van der Waals surface area contributed by atoms with E-state index >= 15 is 0 Å². The summed E-state index contributed by atoms with van der Waals surface area (Å²) in [5.74, 6) is 0.0564. The number of carbonyl (C=O) groups is 2. The molecule has 0 spiro atoms. The van der Waals surface area contributed by atoms with Gasteiger partial charge in [0.05, 0.1) is 6.54 Å². The molecule has 0 saturated heterocycles. The number of carbonyl (C=O) groups excluding carboxylic acids is 2. The molecule has 0 saturated carbocycles. The molecule has 0 heterocycles. The zero-order valence-corrected chi connectivity index (χ0v) is 13.3. The minimum Gasteiger partial charge on any atom is -0.338 e. The maximum atomic E-state index is 11.7. The Kier molecular flexibility index (Phi) is 6.88. The summed E-state index contributed by atoms with van der Waals surface area (Å²) in [5, 5.41) is 4.98. The number of imide groups is 1. The van der Waals surface area contributed by atoms with Crippen LogP contribution in [0.5, 0.6) is 0 Å². The number of benzene rings is 1. The van der Waals surface area contributed by atoms with Gasteiger partial charge in [0.15, 0.2) is 0 Å². The Balaban J connectivity index is 2.33. The Bertz CT molecular complexity index is 469. The molecule has 3 amide bonds. The number of amides is 3. The van der Waals surface area contributed by atoms with Crippen molar-refractivity contribution in [1.82, 2.24) is 15.5 Å². The lowest BCUT2D eigenvalue weighted by Gasteiger charge is -2.16. The monoisotopic (exact) mass is 291 g/mol. The third-order valence-electron chi connectivity index (χ3n) is 2.91. The van der Waals surface area contributed by atoms with Gasteiger partial charge in [-0.05, 0) is 25.5 Å². The quantitative estimate of drug-likeness (QED) is 0.841. The van der Waals surface area contributed by atoms with E-state index in [2.05, 4.69) is 10.6 Å². The number of nitrogens with zero attached hydrogens (tertiary/aromatic N) is 1. The van der Waals surface area contributed by atoms with Crippen molar-refractivity contribution in [2.75, 3.05) is 20.1 Å². The molecule has 116 valence electrons. The van der Waals surface area contributed by atoms with Gasteiger partial charge in [0.25, 0.3) is 0 Å². The molecule has 1 aromatic carbocycles. The lowest BCUT2D eigenvalue weighted by molar-refractivity contribution is -0.120.